The summed E-state index contributed by atoms with van der Waals surface area (Å²) in [6.07, 6.45) is 2.36. The van der Waals surface area contributed by atoms with E-state index in [1.807, 2.05) is 6.92 Å². The molecule has 0 bridgehead atoms. The topological polar surface area (TPSA) is 33.1 Å². The van der Waals surface area contributed by atoms with Crippen LogP contribution >= 0.6 is 11.2 Å². The second-order valence-corrected chi connectivity index (χ2v) is 11.9. The lowest BCUT2D eigenvalue weighted by Crippen LogP contribution is -2.30. The molecule has 1 atom stereocenters. The molecule has 3 aromatic carbocycles. The molecule has 1 saturated heterocycles. The highest BCUT2D eigenvalue weighted by Crippen LogP contribution is 2.48. The number of imidazole rings is 1. The monoisotopic (exact) mass is 490 g/mol. The molecule has 0 saturated carbocycles. The molecule has 5 heteroatoms. The van der Waals surface area contributed by atoms with Crippen LogP contribution in [0.1, 0.15) is 63.0 Å². The minimum atomic E-state index is 0.108. The Morgan fingerprint density at radius 1 is 1.06 bits per heavy atom. The molecule has 7 rings (SSSR count). The molecule has 4 nitrogen and oxygen atoms in total. The third-order valence-corrected chi connectivity index (χ3v) is 8.53. The van der Waals surface area contributed by atoms with Crippen LogP contribution in [0.2, 0.25) is 0 Å². The molecule has 1 fully saturated rings. The molecule has 1 aromatic heterocycles. The van der Waals surface area contributed by atoms with E-state index in [1.54, 1.807) is 11.2 Å². The van der Waals surface area contributed by atoms with Crippen LogP contribution in [0.15, 0.2) is 65.3 Å². The fraction of sp³-hybridized carbons (Fsp3) is 0.290. The molecule has 3 aliphatic heterocycles. The number of rotatable bonds is 0. The summed E-state index contributed by atoms with van der Waals surface area (Å²) < 4.78 is 2.42. The number of hydrogen-bond acceptors (Lipinski definition) is 3. The normalized spacial score (nSPS) is 20.0. The maximum Gasteiger partial charge on any atom is 0.142 e. The second kappa shape index (κ2) is 7.49. The third kappa shape index (κ3) is 2.90. The van der Waals surface area contributed by atoms with Gasteiger partial charge in [-0.25, -0.2) is 4.98 Å². The van der Waals surface area contributed by atoms with Crippen molar-refractivity contribution in [2.45, 2.75) is 59.3 Å². The van der Waals surface area contributed by atoms with Gasteiger partial charge in [-0.2, -0.15) is 0 Å². The quantitative estimate of drug-likeness (QED) is 0.246. The van der Waals surface area contributed by atoms with Crippen molar-refractivity contribution in [3.8, 4) is 16.6 Å². The first-order chi connectivity index (χ1) is 17.4. The highest BCUT2D eigenvalue weighted by Gasteiger charge is 2.38. The van der Waals surface area contributed by atoms with Gasteiger partial charge in [0.15, 0.2) is 0 Å². The van der Waals surface area contributed by atoms with E-state index in [-0.39, 0.29) is 11.6 Å². The molecule has 36 heavy (non-hydrogen) atoms. The van der Waals surface area contributed by atoms with Gasteiger partial charge >= 0.3 is 0 Å². The summed E-state index contributed by atoms with van der Waals surface area (Å²) in [5.74, 6) is 1.09. The predicted molar refractivity (Wildman–Crippen MR) is 151 cm³/mol. The van der Waals surface area contributed by atoms with Crippen molar-refractivity contribution in [3.05, 3.63) is 87.6 Å². The lowest BCUT2D eigenvalue weighted by Gasteiger charge is -2.35. The summed E-state index contributed by atoms with van der Waals surface area (Å²) >= 11 is 1.61. The number of nitrogens with zero attached hydrogens (tertiary/aromatic N) is 3. The van der Waals surface area contributed by atoms with Crippen LogP contribution in [0.5, 0.6) is 0 Å². The van der Waals surface area contributed by atoms with Crippen LogP contribution in [0.25, 0.3) is 33.2 Å². The average molecular weight is 491 g/mol. The second-order valence-electron chi connectivity index (χ2n) is 11.0. The lowest BCUT2D eigenvalue weighted by molar-refractivity contribution is 0.267. The van der Waals surface area contributed by atoms with E-state index >= 15 is 0 Å². The summed E-state index contributed by atoms with van der Waals surface area (Å²) in [4.78, 5) is 7.64. The lowest BCUT2D eigenvalue weighted by atomic mass is 9.86. The van der Waals surface area contributed by atoms with Gasteiger partial charge in [0, 0.05) is 23.1 Å². The maximum absolute atomic E-state index is 5.15. The summed E-state index contributed by atoms with van der Waals surface area (Å²) in [7, 11) is 0. The third-order valence-electron chi connectivity index (χ3n) is 7.94. The predicted octanol–water partition coefficient (Wildman–Crippen LogP) is 7.39. The highest BCUT2D eigenvalue weighted by molar-refractivity contribution is 7.91. The van der Waals surface area contributed by atoms with Crippen molar-refractivity contribution in [1.82, 2.24) is 19.8 Å². The van der Waals surface area contributed by atoms with Gasteiger partial charge in [0.1, 0.15) is 12.0 Å². The van der Waals surface area contributed by atoms with E-state index in [4.69, 9.17) is 4.98 Å². The number of hydrogen-bond donors (Lipinski definition) is 1. The van der Waals surface area contributed by atoms with Crippen molar-refractivity contribution in [2.75, 3.05) is 0 Å². The van der Waals surface area contributed by atoms with Crippen LogP contribution in [-0.2, 0) is 18.5 Å². The van der Waals surface area contributed by atoms with Crippen molar-refractivity contribution in [3.63, 3.8) is 0 Å². The van der Waals surface area contributed by atoms with Gasteiger partial charge < -0.3 is 14.8 Å². The van der Waals surface area contributed by atoms with Gasteiger partial charge in [-0.15, -0.1) is 11.2 Å². The molecule has 0 amide bonds. The van der Waals surface area contributed by atoms with Gasteiger partial charge in [-0.1, -0.05) is 62.4 Å². The minimum absolute atomic E-state index is 0.108. The Bertz CT molecular complexity index is 1740. The fourth-order valence-corrected chi connectivity index (χ4v) is 6.63. The van der Waals surface area contributed by atoms with E-state index < -0.39 is 0 Å². The van der Waals surface area contributed by atoms with E-state index in [1.165, 1.54) is 55.5 Å². The van der Waals surface area contributed by atoms with Crippen LogP contribution in [0.3, 0.4) is 0 Å². The molecule has 1 N–H and O–H groups in total. The van der Waals surface area contributed by atoms with E-state index in [0.717, 1.165) is 24.4 Å². The molecule has 1 unspecified atom stereocenters. The largest absolute Gasteiger partial charge is 0.359 e. The Hall–Kier alpha value is -3.53. The number of allylic oxidation sites excluding steroid dienone is 1. The zero-order chi connectivity index (χ0) is 24.8. The van der Waals surface area contributed by atoms with E-state index in [2.05, 4.69) is 102 Å². The van der Waals surface area contributed by atoms with Crippen molar-refractivity contribution < 1.29 is 0 Å². The Kier molecular flexibility index (Phi) is 4.52. The van der Waals surface area contributed by atoms with Crippen LogP contribution in [0.4, 0.5) is 0 Å². The molecule has 3 aliphatic rings. The van der Waals surface area contributed by atoms with Crippen molar-refractivity contribution >= 4 is 33.0 Å². The smallest absolute Gasteiger partial charge is 0.142 e. The van der Waals surface area contributed by atoms with Gasteiger partial charge in [0.2, 0.25) is 0 Å². The molecule has 180 valence electrons. The standard InChI is InChI=1S/C31H30N4S/c1-6-25-24(17-36-7-2)33-30-22-12-11-21-28-19(9-8-18(27(22)28)15-34(25)30)16-35-26-14-20(31(3,4)5)10-13-23(26)32-29(21)35/h6,8-14,17,30,33H,15-16H2,1-5H3/b24-17+,25-6+. The highest BCUT2D eigenvalue weighted by atomic mass is 32.1. The molecule has 4 aromatic rings. The molecular formula is C31H30N4S. The maximum atomic E-state index is 5.15. The summed E-state index contributed by atoms with van der Waals surface area (Å²) in [6.45, 7) is 12.7. The summed E-state index contributed by atoms with van der Waals surface area (Å²) in [5, 5.41) is 11.9. The molecule has 4 heterocycles. The van der Waals surface area contributed by atoms with Gasteiger partial charge in [0.25, 0.3) is 0 Å². The van der Waals surface area contributed by atoms with Gasteiger partial charge in [-0.05, 0) is 58.9 Å². The number of aromatic nitrogens is 2. The molecule has 0 aliphatic carbocycles. The number of benzene rings is 3. The van der Waals surface area contributed by atoms with E-state index in [9.17, 15) is 0 Å². The number of nitrogens with one attached hydrogen (secondary N) is 1. The first-order valence-corrected chi connectivity index (χ1v) is 13.6. The van der Waals surface area contributed by atoms with Crippen LogP contribution in [-0.4, -0.2) is 14.5 Å². The zero-order valence-corrected chi connectivity index (χ0v) is 22.3. The molecule has 0 radical (unpaired) electrons. The zero-order valence-electron chi connectivity index (χ0n) is 21.4. The first-order valence-electron chi connectivity index (χ1n) is 12.7. The first kappa shape index (κ1) is 21.7. The summed E-state index contributed by atoms with van der Waals surface area (Å²) in [5.41, 5.74) is 11.6. The van der Waals surface area contributed by atoms with Gasteiger partial charge in [0.05, 0.1) is 29.0 Å². The Morgan fingerprint density at radius 2 is 1.86 bits per heavy atom. The van der Waals surface area contributed by atoms with E-state index in [0.29, 0.717) is 0 Å². The van der Waals surface area contributed by atoms with Crippen molar-refractivity contribution in [2.24, 2.45) is 0 Å². The SMILES string of the molecule is CC#S/C=C1/NC2c3ccc4c5c(ccc(c35)CN2/C1=C/C)Cn1c-4nc2ccc(C(C)(C)C)cc21. The molecule has 0 spiro atoms. The Labute approximate surface area is 215 Å². The van der Waals surface area contributed by atoms with Gasteiger partial charge in [-0.3, -0.25) is 0 Å². The minimum Gasteiger partial charge on any atom is -0.359 e. The average Bonchev–Trinajstić information content (AvgIpc) is 3.42. The molecular weight excluding hydrogens is 460 g/mol. The number of fused-ring (bicyclic) bond motifs is 6. The van der Waals surface area contributed by atoms with Crippen molar-refractivity contribution in [1.29, 1.82) is 0 Å². The Morgan fingerprint density at radius 3 is 2.61 bits per heavy atom. The fourth-order valence-electron chi connectivity index (χ4n) is 6.20. The van der Waals surface area contributed by atoms with Crippen LogP contribution in [0, 0.1) is 5.18 Å². The summed E-state index contributed by atoms with van der Waals surface area (Å²) in [6, 6.07) is 16.1. The Balaban J connectivity index is 1.43. The van der Waals surface area contributed by atoms with Crippen LogP contribution < -0.4 is 5.32 Å².